The molecule has 2 aromatic rings. The summed E-state index contributed by atoms with van der Waals surface area (Å²) in [5, 5.41) is 9.18. The Labute approximate surface area is 107 Å². The third-order valence-electron chi connectivity index (χ3n) is 2.05. The number of H-pyrrole nitrogens is 1. The van der Waals surface area contributed by atoms with Crippen molar-refractivity contribution in [2.75, 3.05) is 5.73 Å². The molecule has 2 rings (SSSR count). The van der Waals surface area contributed by atoms with Gasteiger partial charge in [-0.1, -0.05) is 11.8 Å². The van der Waals surface area contributed by atoms with Gasteiger partial charge in [-0.25, -0.2) is 9.97 Å². The maximum Gasteiger partial charge on any atom is 0.253 e. The molecule has 0 saturated heterocycles. The van der Waals surface area contributed by atoms with Gasteiger partial charge in [-0.2, -0.15) is 5.26 Å². The smallest absolute Gasteiger partial charge is 0.253 e. The molecular formula is C11H9N5OS. The van der Waals surface area contributed by atoms with Gasteiger partial charge in [0, 0.05) is 18.0 Å². The summed E-state index contributed by atoms with van der Waals surface area (Å²) in [6, 6.07) is 6.69. The number of anilines is 1. The molecule has 6 nitrogen and oxygen atoms in total. The molecule has 3 N–H and O–H groups in total. The van der Waals surface area contributed by atoms with E-state index >= 15 is 0 Å². The predicted octanol–water partition coefficient (Wildman–Crippen LogP) is 0.911. The molecule has 0 aromatic carbocycles. The molecular weight excluding hydrogens is 250 g/mol. The number of nitrogen functional groups attached to an aromatic ring is 1. The molecule has 0 saturated carbocycles. The lowest BCUT2D eigenvalue weighted by Gasteiger charge is -2.02. The van der Waals surface area contributed by atoms with E-state index in [2.05, 4.69) is 15.0 Å². The monoisotopic (exact) mass is 259 g/mol. The van der Waals surface area contributed by atoms with Gasteiger partial charge in [0.1, 0.15) is 17.6 Å². The van der Waals surface area contributed by atoms with Gasteiger partial charge in [-0.3, -0.25) is 4.79 Å². The number of aromatic nitrogens is 3. The molecule has 7 heteroatoms. The molecule has 2 heterocycles. The van der Waals surface area contributed by atoms with Crippen molar-refractivity contribution in [3.8, 4) is 6.07 Å². The molecule has 0 spiro atoms. The number of nitrogens with zero attached hydrogens (tertiary/aromatic N) is 3. The molecule has 0 aliphatic heterocycles. The average molecular weight is 259 g/mol. The summed E-state index contributed by atoms with van der Waals surface area (Å²) >= 11 is 1.34. The number of aromatic amines is 1. The Bertz CT molecular complexity index is 661. The van der Waals surface area contributed by atoms with Crippen molar-refractivity contribution in [2.45, 2.75) is 10.9 Å². The zero-order valence-corrected chi connectivity index (χ0v) is 10.1. The molecule has 0 bridgehead atoms. The van der Waals surface area contributed by atoms with Gasteiger partial charge in [-0.05, 0) is 17.7 Å². The molecule has 0 amide bonds. The van der Waals surface area contributed by atoms with Crippen molar-refractivity contribution in [3.05, 3.63) is 46.0 Å². The Hall–Kier alpha value is -2.33. The lowest BCUT2D eigenvalue weighted by Crippen LogP contribution is -2.09. The van der Waals surface area contributed by atoms with E-state index in [1.165, 1.54) is 17.8 Å². The minimum absolute atomic E-state index is 0.189. The molecule has 0 unspecified atom stereocenters. The number of hydrogen-bond acceptors (Lipinski definition) is 6. The highest BCUT2D eigenvalue weighted by atomic mass is 32.2. The van der Waals surface area contributed by atoms with Crippen LogP contribution in [0.25, 0.3) is 0 Å². The standard InChI is InChI=1S/C11H9N5OS/c12-5-8-3-7(1-2-14-8)6-18-11-15-9(13)4-10(17)16-11/h1-4H,6H2,(H3,13,15,16,17). The van der Waals surface area contributed by atoms with Crippen molar-refractivity contribution in [2.24, 2.45) is 0 Å². The van der Waals surface area contributed by atoms with Crippen molar-refractivity contribution >= 4 is 17.6 Å². The van der Waals surface area contributed by atoms with Gasteiger partial charge in [0.25, 0.3) is 5.56 Å². The molecule has 0 aliphatic carbocycles. The van der Waals surface area contributed by atoms with Crippen LogP contribution in [0.15, 0.2) is 34.3 Å². The Balaban J connectivity index is 2.11. The summed E-state index contributed by atoms with van der Waals surface area (Å²) in [5.74, 6) is 0.762. The van der Waals surface area contributed by atoms with Gasteiger partial charge in [-0.15, -0.1) is 0 Å². The molecule has 0 aliphatic rings. The fourth-order valence-corrected chi connectivity index (χ4v) is 2.12. The fraction of sp³-hybridized carbons (Fsp3) is 0.0909. The van der Waals surface area contributed by atoms with Gasteiger partial charge in [0.2, 0.25) is 0 Å². The van der Waals surface area contributed by atoms with Crippen molar-refractivity contribution in [1.82, 2.24) is 15.0 Å². The first-order valence-corrected chi connectivity index (χ1v) is 6.00. The zero-order valence-electron chi connectivity index (χ0n) is 9.25. The number of nitrogens with two attached hydrogens (primary N) is 1. The van der Waals surface area contributed by atoms with E-state index < -0.39 is 0 Å². The van der Waals surface area contributed by atoms with Crippen LogP contribution in [0.4, 0.5) is 5.82 Å². The number of pyridine rings is 1. The highest BCUT2D eigenvalue weighted by molar-refractivity contribution is 7.98. The lowest BCUT2D eigenvalue weighted by molar-refractivity contribution is 0.945. The van der Waals surface area contributed by atoms with Crippen LogP contribution in [0.1, 0.15) is 11.3 Å². The molecule has 18 heavy (non-hydrogen) atoms. The van der Waals surface area contributed by atoms with Gasteiger partial charge < -0.3 is 10.7 Å². The van der Waals surface area contributed by atoms with E-state index in [1.807, 2.05) is 6.07 Å². The number of hydrogen-bond donors (Lipinski definition) is 2. The minimum Gasteiger partial charge on any atom is -0.383 e. The van der Waals surface area contributed by atoms with Gasteiger partial charge in [0.15, 0.2) is 5.16 Å². The first-order valence-electron chi connectivity index (χ1n) is 5.02. The van der Waals surface area contributed by atoms with Crippen molar-refractivity contribution < 1.29 is 0 Å². The summed E-state index contributed by atoms with van der Waals surface area (Å²) in [5.41, 5.74) is 6.49. The third kappa shape index (κ3) is 3.09. The maximum atomic E-state index is 11.2. The average Bonchev–Trinajstić information content (AvgIpc) is 2.35. The Morgan fingerprint density at radius 1 is 1.50 bits per heavy atom. The van der Waals surface area contributed by atoms with Crippen LogP contribution in [0.5, 0.6) is 0 Å². The first kappa shape index (κ1) is 12.1. The molecule has 0 fully saturated rings. The predicted molar refractivity (Wildman–Crippen MR) is 67.8 cm³/mol. The second-order valence-electron chi connectivity index (χ2n) is 3.43. The molecule has 2 aromatic heterocycles. The van der Waals surface area contributed by atoms with Gasteiger partial charge in [0.05, 0.1) is 0 Å². The van der Waals surface area contributed by atoms with E-state index in [1.54, 1.807) is 18.3 Å². The van der Waals surface area contributed by atoms with Crippen LogP contribution >= 0.6 is 11.8 Å². The summed E-state index contributed by atoms with van der Waals surface area (Å²) in [7, 11) is 0. The quantitative estimate of drug-likeness (QED) is 0.626. The Kier molecular flexibility index (Phi) is 3.60. The van der Waals surface area contributed by atoms with Crippen molar-refractivity contribution in [3.63, 3.8) is 0 Å². The zero-order chi connectivity index (χ0) is 13.0. The van der Waals surface area contributed by atoms with Crippen LogP contribution < -0.4 is 11.3 Å². The minimum atomic E-state index is -0.280. The first-order chi connectivity index (χ1) is 8.67. The van der Waals surface area contributed by atoms with Crippen LogP contribution in [0.3, 0.4) is 0 Å². The number of rotatable bonds is 3. The summed E-state index contributed by atoms with van der Waals surface area (Å²) in [6.07, 6.45) is 1.57. The number of nitriles is 1. The molecule has 0 atom stereocenters. The second kappa shape index (κ2) is 5.33. The maximum absolute atomic E-state index is 11.2. The van der Waals surface area contributed by atoms with Crippen molar-refractivity contribution in [1.29, 1.82) is 5.26 Å². The largest absolute Gasteiger partial charge is 0.383 e. The van der Waals surface area contributed by atoms with E-state index in [4.69, 9.17) is 11.0 Å². The molecule has 0 radical (unpaired) electrons. The highest BCUT2D eigenvalue weighted by Gasteiger charge is 2.02. The van der Waals surface area contributed by atoms with E-state index in [-0.39, 0.29) is 11.4 Å². The number of thioether (sulfide) groups is 1. The van der Waals surface area contributed by atoms with Crippen LogP contribution in [-0.2, 0) is 5.75 Å². The Morgan fingerprint density at radius 2 is 2.33 bits per heavy atom. The van der Waals surface area contributed by atoms with Crippen LogP contribution in [0.2, 0.25) is 0 Å². The topological polar surface area (TPSA) is 108 Å². The summed E-state index contributed by atoms with van der Waals surface area (Å²) in [6.45, 7) is 0. The SMILES string of the molecule is N#Cc1cc(CSc2nc(N)cc(=O)[nH]2)ccn1. The second-order valence-corrected chi connectivity index (χ2v) is 4.39. The van der Waals surface area contributed by atoms with E-state index in [0.717, 1.165) is 5.56 Å². The van der Waals surface area contributed by atoms with E-state index in [9.17, 15) is 4.79 Å². The Morgan fingerprint density at radius 3 is 3.06 bits per heavy atom. The highest BCUT2D eigenvalue weighted by Crippen LogP contribution is 2.18. The van der Waals surface area contributed by atoms with Crippen LogP contribution in [0, 0.1) is 11.3 Å². The van der Waals surface area contributed by atoms with Gasteiger partial charge >= 0.3 is 0 Å². The summed E-state index contributed by atoms with van der Waals surface area (Å²) < 4.78 is 0. The normalized spacial score (nSPS) is 9.94. The lowest BCUT2D eigenvalue weighted by atomic mass is 10.2. The fourth-order valence-electron chi connectivity index (χ4n) is 1.30. The van der Waals surface area contributed by atoms with E-state index in [0.29, 0.717) is 16.6 Å². The number of nitrogens with one attached hydrogen (secondary N) is 1. The van der Waals surface area contributed by atoms with Crippen LogP contribution in [-0.4, -0.2) is 15.0 Å². The third-order valence-corrected chi connectivity index (χ3v) is 3.00. The summed E-state index contributed by atoms with van der Waals surface area (Å²) in [4.78, 5) is 21.6. The molecule has 90 valence electrons.